The second kappa shape index (κ2) is 54.2. The molecule has 0 amide bonds. The molecule has 0 aromatic carbocycles. The van der Waals surface area contributed by atoms with E-state index >= 15 is 0 Å². The SMILES string of the molecule is [AlH3].[F][AlH2].[H-].[Na+].[O]=[AlH]. The van der Waals surface area contributed by atoms with Crippen molar-refractivity contribution in [1.29, 1.82) is 0 Å². The fourth-order valence-corrected chi connectivity index (χ4v) is 0. The van der Waals surface area contributed by atoms with Gasteiger partial charge in [-0.15, -0.1) is 0 Å². The van der Waals surface area contributed by atoms with Gasteiger partial charge in [0.25, 0.3) is 0 Å². The molecule has 0 aromatic rings. The molecule has 0 rings (SSSR count). The first-order valence-corrected chi connectivity index (χ1v) is 2.00. The topological polar surface area (TPSA) is 17.1 Å². The van der Waals surface area contributed by atoms with Crippen LogP contribution in [0.15, 0.2) is 0 Å². The zero-order chi connectivity index (χ0) is 4.00. The van der Waals surface area contributed by atoms with Gasteiger partial charge in [-0.2, -0.15) is 0 Å². The predicted octanol–water partition coefficient (Wildman–Crippen LogP) is -5.33. The second-order valence-corrected chi connectivity index (χ2v) is 0. The summed E-state index contributed by atoms with van der Waals surface area (Å²) in [4.78, 5) is 0. The minimum atomic E-state index is -0.194. The molecular weight excluding hydrogens is 139 g/mol. The fourth-order valence-electron chi connectivity index (χ4n) is 0. The third-order valence-corrected chi connectivity index (χ3v) is 0. The second-order valence-electron chi connectivity index (χ2n) is 0. The Balaban J connectivity index is -0.00000000267. The van der Waals surface area contributed by atoms with Gasteiger partial charge >= 0.3 is 66.3 Å². The maximum absolute atomic E-state index is 9.64. The molecule has 30 valence electrons. The van der Waals surface area contributed by atoms with E-state index in [-0.39, 0.29) is 65.1 Å². The van der Waals surface area contributed by atoms with Crippen molar-refractivity contribution in [3.63, 3.8) is 0 Å². The minimum absolute atomic E-state index is 0. The van der Waals surface area contributed by atoms with Crippen molar-refractivity contribution in [2.75, 3.05) is 0 Å². The van der Waals surface area contributed by atoms with Gasteiger partial charge in [-0.3, -0.25) is 0 Å². The van der Waals surface area contributed by atoms with E-state index in [1.54, 1.807) is 0 Å². The zero-order valence-electron chi connectivity index (χ0n) is 4.49. The molecule has 0 aliphatic heterocycles. The van der Waals surface area contributed by atoms with Gasteiger partial charge < -0.3 is 4.95 Å². The van der Waals surface area contributed by atoms with Crippen LogP contribution in [-0.2, 0) is 3.80 Å². The summed E-state index contributed by atoms with van der Waals surface area (Å²) in [5, 5.41) is 0. The van der Waals surface area contributed by atoms with Crippen molar-refractivity contribution < 1.29 is 38.3 Å². The van der Waals surface area contributed by atoms with Crippen molar-refractivity contribution in [1.82, 2.24) is 0 Å². The Labute approximate surface area is 87.5 Å². The first-order chi connectivity index (χ1) is 2.00. The summed E-state index contributed by atoms with van der Waals surface area (Å²) in [6.45, 7) is 0. The summed E-state index contributed by atoms with van der Waals surface area (Å²) in [6.07, 6.45) is 0. The molecule has 0 radical (unpaired) electrons. The van der Waals surface area contributed by atoms with Crippen LogP contribution in [0.5, 0.6) is 0 Å². The molecule has 0 aliphatic rings. The summed E-state index contributed by atoms with van der Waals surface area (Å²) in [7, 11) is 0. The Morgan fingerprint density at radius 1 is 1.50 bits per heavy atom. The Morgan fingerprint density at radius 2 is 1.50 bits per heavy atom. The summed E-state index contributed by atoms with van der Waals surface area (Å²) < 4.78 is 17.9. The average molecular weight is 146 g/mol. The summed E-state index contributed by atoms with van der Waals surface area (Å²) in [6, 6.07) is 0. The van der Waals surface area contributed by atoms with Crippen LogP contribution < -0.4 is 29.6 Å². The molecule has 6 heteroatoms. The van der Waals surface area contributed by atoms with Crippen LogP contribution in [0.2, 0.25) is 0 Å². The first kappa shape index (κ1) is 23.9. The molecule has 0 atom stereocenters. The Morgan fingerprint density at radius 3 is 1.50 bits per heavy atom. The molecule has 0 unspecified atom stereocenters. The quantitative estimate of drug-likeness (QED) is 0.312. The maximum atomic E-state index is 9.64. The predicted molar refractivity (Wildman–Crippen MR) is 28.5 cm³/mol. The Bertz CT molecular complexity index is 14.9. The van der Waals surface area contributed by atoms with Gasteiger partial charge in [0.1, 0.15) is 0 Å². The fraction of sp³-hybridized carbons (Fsp3) is 0. The van der Waals surface area contributed by atoms with Crippen LogP contribution in [0, 0.1) is 0 Å². The third kappa shape index (κ3) is 33.2. The van der Waals surface area contributed by atoms with Crippen molar-refractivity contribution in [2.24, 2.45) is 0 Å². The van der Waals surface area contributed by atoms with Gasteiger partial charge in [0.2, 0.25) is 0 Å². The van der Waals surface area contributed by atoms with E-state index in [9.17, 15) is 3.52 Å². The molecule has 0 N–H and O–H groups in total. The summed E-state index contributed by atoms with van der Waals surface area (Å²) >= 11 is 0.417. The molecule has 0 aromatic heterocycles. The van der Waals surface area contributed by atoms with E-state index in [0.717, 1.165) is 0 Å². The van der Waals surface area contributed by atoms with E-state index in [2.05, 4.69) is 0 Å². The van der Waals surface area contributed by atoms with Gasteiger partial charge in [-0.05, 0) is 0 Å². The Hall–Kier alpha value is 2.33. The molecular formula is H7Al3FNaO. The van der Waals surface area contributed by atoms with Crippen LogP contribution in [0.1, 0.15) is 1.43 Å². The standard InChI is InChI=1S/3Al.FH.Na.O.7H/h;;;1H;;;;;;;;;/q;;+1;;+1;;;;;;;;-1/p-1. The first-order valence-electron chi connectivity index (χ1n) is 0.667. The monoisotopic (exact) mass is 146 g/mol. The van der Waals surface area contributed by atoms with Crippen LogP contribution in [-0.4, -0.2) is 50.3 Å². The van der Waals surface area contributed by atoms with E-state index in [1.807, 2.05) is 0 Å². The molecule has 0 aliphatic carbocycles. The Kier molecular flexibility index (Phi) is 216. The number of hydrogen-bond donors (Lipinski definition) is 0. The molecule has 0 spiro atoms. The van der Waals surface area contributed by atoms with Gasteiger partial charge in [-0.25, -0.2) is 0 Å². The molecule has 6 heavy (non-hydrogen) atoms. The van der Waals surface area contributed by atoms with E-state index < -0.39 is 0 Å². The molecule has 0 heterocycles. The van der Waals surface area contributed by atoms with Crippen molar-refractivity contribution >= 4 is 50.3 Å². The van der Waals surface area contributed by atoms with E-state index in [1.165, 1.54) is 0 Å². The van der Waals surface area contributed by atoms with Gasteiger partial charge in [-0.1, -0.05) is 0 Å². The molecule has 0 saturated heterocycles. The van der Waals surface area contributed by atoms with Crippen LogP contribution in [0.4, 0.5) is 3.52 Å². The van der Waals surface area contributed by atoms with Crippen LogP contribution >= 0.6 is 0 Å². The zero-order valence-corrected chi connectivity index (χ0v) is 8.91. The third-order valence-electron chi connectivity index (χ3n) is 0. The van der Waals surface area contributed by atoms with E-state index in [0.29, 0.717) is 16.2 Å². The summed E-state index contributed by atoms with van der Waals surface area (Å²) in [5.41, 5.74) is 0. The molecule has 0 bridgehead atoms. The average Bonchev–Trinajstić information content (AvgIpc) is 1.50. The van der Waals surface area contributed by atoms with Crippen LogP contribution in [0.3, 0.4) is 0 Å². The van der Waals surface area contributed by atoms with Gasteiger partial charge in [0, 0.05) is 0 Å². The normalized spacial score (nSPS) is 1.33. The molecule has 0 fully saturated rings. The van der Waals surface area contributed by atoms with Gasteiger partial charge in [0.05, 0.1) is 0 Å². The molecule has 1 nitrogen and oxygen atoms in total. The number of rotatable bonds is 0. The summed E-state index contributed by atoms with van der Waals surface area (Å²) in [5.74, 6) is 0. The van der Waals surface area contributed by atoms with E-state index in [4.69, 9.17) is 3.80 Å². The molecule has 0 saturated carbocycles. The van der Waals surface area contributed by atoms with Crippen molar-refractivity contribution in [3.8, 4) is 0 Å². The van der Waals surface area contributed by atoms with Crippen molar-refractivity contribution in [3.05, 3.63) is 0 Å². The van der Waals surface area contributed by atoms with Crippen LogP contribution in [0.25, 0.3) is 0 Å². The number of hydrogen-bond acceptors (Lipinski definition) is 1. The number of halogens is 1. The van der Waals surface area contributed by atoms with Crippen molar-refractivity contribution in [2.45, 2.75) is 0 Å². The van der Waals surface area contributed by atoms with Gasteiger partial charge in [0.15, 0.2) is 17.4 Å².